The molecule has 0 spiro atoms. The van der Waals surface area contributed by atoms with Crippen molar-refractivity contribution in [2.24, 2.45) is 5.92 Å². The monoisotopic (exact) mass is 269 g/mol. The Bertz CT molecular complexity index is 556. The van der Waals surface area contributed by atoms with Crippen LogP contribution in [0.1, 0.15) is 11.7 Å². The molecule has 0 aliphatic carbocycles. The molecule has 0 amide bonds. The minimum atomic E-state index is 0.0230. The van der Waals surface area contributed by atoms with Gasteiger partial charge in [0.25, 0.3) is 0 Å². The smallest absolute Gasteiger partial charge is 0.135 e. The highest BCUT2D eigenvalue weighted by Crippen LogP contribution is 2.38. The van der Waals surface area contributed by atoms with E-state index in [-0.39, 0.29) is 6.10 Å². The number of nitrogens with one attached hydrogen (secondary N) is 1. The average molecular weight is 269 g/mol. The summed E-state index contributed by atoms with van der Waals surface area (Å²) in [5, 5.41) is 3.22. The van der Waals surface area contributed by atoms with Crippen LogP contribution in [-0.2, 0) is 0 Å². The Kier molecular flexibility index (Phi) is 3.88. The van der Waals surface area contributed by atoms with Crippen molar-refractivity contribution in [1.82, 2.24) is 5.32 Å². The van der Waals surface area contributed by atoms with Crippen LogP contribution in [0.15, 0.2) is 54.6 Å². The van der Waals surface area contributed by atoms with Crippen molar-refractivity contribution >= 4 is 0 Å². The maximum atomic E-state index is 6.23. The van der Waals surface area contributed by atoms with Crippen LogP contribution >= 0.6 is 0 Å². The summed E-state index contributed by atoms with van der Waals surface area (Å²) in [6.07, 6.45) is 0.0230. The van der Waals surface area contributed by atoms with Gasteiger partial charge in [-0.15, -0.1) is 0 Å². The van der Waals surface area contributed by atoms with E-state index >= 15 is 0 Å². The number of fused-ring (bicyclic) bond motifs is 1. The van der Waals surface area contributed by atoms with Gasteiger partial charge in [-0.2, -0.15) is 0 Å². The molecular weight excluding hydrogens is 250 g/mol. The fraction of sp³-hybridized carbons (Fsp3) is 0.294. The lowest BCUT2D eigenvalue weighted by Gasteiger charge is -2.33. The maximum absolute atomic E-state index is 6.23. The predicted molar refractivity (Wildman–Crippen MR) is 79.2 cm³/mol. The lowest BCUT2D eigenvalue weighted by atomic mass is 9.93. The van der Waals surface area contributed by atoms with Crippen LogP contribution < -0.4 is 14.8 Å². The van der Waals surface area contributed by atoms with Crippen molar-refractivity contribution in [2.75, 3.05) is 20.2 Å². The van der Waals surface area contributed by atoms with Gasteiger partial charge in [0.1, 0.15) is 17.6 Å². The molecule has 0 radical (unpaired) electrons. The van der Waals surface area contributed by atoms with E-state index in [0.29, 0.717) is 12.5 Å². The van der Waals surface area contributed by atoms with Gasteiger partial charge in [0.05, 0.1) is 6.61 Å². The van der Waals surface area contributed by atoms with E-state index in [1.807, 2.05) is 55.6 Å². The zero-order valence-corrected chi connectivity index (χ0v) is 11.6. The number of para-hydroxylation sites is 2. The van der Waals surface area contributed by atoms with Crippen LogP contribution in [0, 0.1) is 5.92 Å². The second kappa shape index (κ2) is 5.97. The van der Waals surface area contributed by atoms with E-state index in [9.17, 15) is 0 Å². The maximum Gasteiger partial charge on any atom is 0.135 e. The van der Waals surface area contributed by atoms with Crippen molar-refractivity contribution in [3.05, 3.63) is 60.2 Å². The topological polar surface area (TPSA) is 30.5 Å². The van der Waals surface area contributed by atoms with Gasteiger partial charge in [-0.05, 0) is 25.2 Å². The molecular formula is C17H19NO2. The Labute approximate surface area is 119 Å². The predicted octanol–water partition coefficient (Wildman–Crippen LogP) is 3.03. The Morgan fingerprint density at radius 1 is 1.10 bits per heavy atom. The Morgan fingerprint density at radius 2 is 1.85 bits per heavy atom. The van der Waals surface area contributed by atoms with Gasteiger partial charge in [-0.3, -0.25) is 0 Å². The van der Waals surface area contributed by atoms with Gasteiger partial charge in [-0.1, -0.05) is 36.4 Å². The first-order valence-electron chi connectivity index (χ1n) is 6.96. The molecule has 3 heteroatoms. The second-order valence-corrected chi connectivity index (χ2v) is 5.02. The van der Waals surface area contributed by atoms with Crippen LogP contribution in [0.4, 0.5) is 0 Å². The van der Waals surface area contributed by atoms with Gasteiger partial charge >= 0.3 is 0 Å². The van der Waals surface area contributed by atoms with Crippen LogP contribution in [0.3, 0.4) is 0 Å². The molecule has 0 fully saturated rings. The highest BCUT2D eigenvalue weighted by atomic mass is 16.5. The van der Waals surface area contributed by atoms with E-state index in [0.717, 1.165) is 23.6 Å². The molecule has 1 N–H and O–H groups in total. The highest BCUT2D eigenvalue weighted by Gasteiger charge is 2.32. The summed E-state index contributed by atoms with van der Waals surface area (Å²) in [5.41, 5.74) is 1.13. The number of rotatable bonds is 4. The van der Waals surface area contributed by atoms with Crippen LogP contribution in [0.2, 0.25) is 0 Å². The Balaban J connectivity index is 1.90. The summed E-state index contributed by atoms with van der Waals surface area (Å²) in [5.74, 6) is 2.13. The fourth-order valence-electron chi connectivity index (χ4n) is 2.62. The van der Waals surface area contributed by atoms with Crippen LogP contribution in [-0.4, -0.2) is 20.2 Å². The summed E-state index contributed by atoms with van der Waals surface area (Å²) in [6, 6.07) is 18.1. The molecule has 104 valence electrons. The molecule has 1 aliphatic heterocycles. The summed E-state index contributed by atoms with van der Waals surface area (Å²) in [7, 11) is 1.96. The van der Waals surface area contributed by atoms with E-state index in [4.69, 9.17) is 9.47 Å². The van der Waals surface area contributed by atoms with Crippen molar-refractivity contribution in [2.45, 2.75) is 6.10 Å². The van der Waals surface area contributed by atoms with Crippen LogP contribution in [0.25, 0.3) is 0 Å². The normalized spacial score (nSPS) is 20.9. The highest BCUT2D eigenvalue weighted by molar-refractivity contribution is 5.38. The first kappa shape index (κ1) is 13.0. The molecule has 0 saturated carbocycles. The van der Waals surface area contributed by atoms with Crippen molar-refractivity contribution in [3.63, 3.8) is 0 Å². The molecule has 2 aromatic carbocycles. The van der Waals surface area contributed by atoms with Gasteiger partial charge in [0, 0.05) is 18.0 Å². The minimum Gasteiger partial charge on any atom is -0.493 e. The fourth-order valence-corrected chi connectivity index (χ4v) is 2.62. The third-order valence-corrected chi connectivity index (χ3v) is 3.58. The molecule has 0 bridgehead atoms. The summed E-state index contributed by atoms with van der Waals surface area (Å²) >= 11 is 0. The molecule has 3 rings (SSSR count). The number of benzene rings is 2. The van der Waals surface area contributed by atoms with E-state index < -0.39 is 0 Å². The van der Waals surface area contributed by atoms with Gasteiger partial charge in [-0.25, -0.2) is 0 Å². The quantitative estimate of drug-likeness (QED) is 0.925. The third-order valence-electron chi connectivity index (χ3n) is 3.58. The molecule has 2 aromatic rings. The molecule has 2 unspecified atom stereocenters. The van der Waals surface area contributed by atoms with Crippen molar-refractivity contribution < 1.29 is 9.47 Å². The summed E-state index contributed by atoms with van der Waals surface area (Å²) in [6.45, 7) is 1.54. The van der Waals surface area contributed by atoms with Gasteiger partial charge in [0.2, 0.25) is 0 Å². The Hall–Kier alpha value is -2.00. The minimum absolute atomic E-state index is 0.0230. The Morgan fingerprint density at radius 3 is 2.65 bits per heavy atom. The van der Waals surface area contributed by atoms with E-state index in [2.05, 4.69) is 11.4 Å². The molecule has 0 aromatic heterocycles. The summed E-state index contributed by atoms with van der Waals surface area (Å²) in [4.78, 5) is 0. The zero-order valence-electron chi connectivity index (χ0n) is 11.6. The SMILES string of the molecule is CNCC1COc2ccccc2C1Oc1ccccc1. The average Bonchev–Trinajstić information content (AvgIpc) is 2.51. The first-order chi connectivity index (χ1) is 9.88. The number of hydrogen-bond donors (Lipinski definition) is 1. The first-order valence-corrected chi connectivity index (χ1v) is 6.96. The standard InChI is InChI=1S/C17H19NO2/c1-18-11-13-12-19-16-10-6-5-9-15(16)17(13)20-14-7-3-2-4-8-14/h2-10,13,17-18H,11-12H2,1H3. The number of hydrogen-bond acceptors (Lipinski definition) is 3. The second-order valence-electron chi connectivity index (χ2n) is 5.02. The molecule has 20 heavy (non-hydrogen) atoms. The lowest BCUT2D eigenvalue weighted by Crippen LogP contribution is -2.35. The van der Waals surface area contributed by atoms with Gasteiger partial charge < -0.3 is 14.8 Å². The van der Waals surface area contributed by atoms with Gasteiger partial charge in [0.15, 0.2) is 0 Å². The number of ether oxygens (including phenoxy) is 2. The van der Waals surface area contributed by atoms with Crippen molar-refractivity contribution in [3.8, 4) is 11.5 Å². The summed E-state index contributed by atoms with van der Waals surface area (Å²) < 4.78 is 12.1. The largest absolute Gasteiger partial charge is 0.493 e. The molecule has 3 nitrogen and oxygen atoms in total. The van der Waals surface area contributed by atoms with E-state index in [1.165, 1.54) is 0 Å². The third kappa shape index (κ3) is 2.63. The molecule has 0 saturated heterocycles. The van der Waals surface area contributed by atoms with Crippen LogP contribution in [0.5, 0.6) is 11.5 Å². The van der Waals surface area contributed by atoms with Crippen molar-refractivity contribution in [1.29, 1.82) is 0 Å². The zero-order chi connectivity index (χ0) is 13.8. The molecule has 1 heterocycles. The molecule has 2 atom stereocenters. The lowest BCUT2D eigenvalue weighted by molar-refractivity contribution is 0.0704. The molecule has 1 aliphatic rings. The van der Waals surface area contributed by atoms with E-state index in [1.54, 1.807) is 0 Å².